The summed E-state index contributed by atoms with van der Waals surface area (Å²) in [6.45, 7) is 4.29. The highest BCUT2D eigenvalue weighted by molar-refractivity contribution is 7.99. The first-order valence-electron chi connectivity index (χ1n) is 5.70. The van der Waals surface area contributed by atoms with Gasteiger partial charge in [-0.2, -0.15) is 0 Å². The summed E-state index contributed by atoms with van der Waals surface area (Å²) in [7, 11) is 1.74. The van der Waals surface area contributed by atoms with Crippen molar-refractivity contribution in [1.82, 2.24) is 10.6 Å². The molecule has 2 fully saturated rings. The van der Waals surface area contributed by atoms with Crippen LogP contribution in [0, 0.1) is 5.41 Å². The van der Waals surface area contributed by atoms with E-state index in [4.69, 9.17) is 4.74 Å². The lowest BCUT2D eigenvalue weighted by atomic mass is 9.64. The monoisotopic (exact) mass is 244 g/mol. The summed E-state index contributed by atoms with van der Waals surface area (Å²) >= 11 is 1.77. The van der Waals surface area contributed by atoms with Crippen molar-refractivity contribution in [2.24, 2.45) is 5.41 Å². The van der Waals surface area contributed by atoms with E-state index in [0.29, 0.717) is 0 Å². The minimum atomic E-state index is -0.0117. The molecule has 0 bridgehead atoms. The van der Waals surface area contributed by atoms with Gasteiger partial charge in [0, 0.05) is 30.2 Å². The molecule has 1 aliphatic heterocycles. The van der Waals surface area contributed by atoms with Gasteiger partial charge in [-0.3, -0.25) is 10.1 Å². The molecule has 0 aromatic carbocycles. The molecule has 1 heterocycles. The Kier molecular flexibility index (Phi) is 3.47. The lowest BCUT2D eigenvalue weighted by Crippen LogP contribution is -2.63. The average Bonchev–Trinajstić information content (AvgIpc) is 2.76. The average molecular weight is 244 g/mol. The van der Waals surface area contributed by atoms with E-state index in [1.54, 1.807) is 18.9 Å². The Balaban J connectivity index is 1.84. The minimum absolute atomic E-state index is 0.0117. The first-order chi connectivity index (χ1) is 7.55. The Morgan fingerprint density at radius 1 is 1.56 bits per heavy atom. The molecule has 2 aliphatic rings. The van der Waals surface area contributed by atoms with E-state index in [9.17, 15) is 4.79 Å². The maximum absolute atomic E-state index is 11.9. The summed E-state index contributed by atoms with van der Waals surface area (Å²) in [4.78, 5) is 11.9. The number of methoxy groups -OCH3 is 1. The van der Waals surface area contributed by atoms with Gasteiger partial charge in [-0.25, -0.2) is 0 Å². The van der Waals surface area contributed by atoms with Gasteiger partial charge in [0.15, 0.2) is 0 Å². The molecule has 4 nitrogen and oxygen atoms in total. The van der Waals surface area contributed by atoms with Crippen molar-refractivity contribution in [2.45, 2.75) is 38.5 Å². The molecule has 0 aromatic heterocycles. The van der Waals surface area contributed by atoms with E-state index in [1.807, 2.05) is 0 Å². The molecule has 3 atom stereocenters. The molecule has 0 aromatic rings. The predicted molar refractivity (Wildman–Crippen MR) is 65.4 cm³/mol. The van der Waals surface area contributed by atoms with Crippen LogP contribution in [0.25, 0.3) is 0 Å². The van der Waals surface area contributed by atoms with E-state index >= 15 is 0 Å². The Hall–Kier alpha value is -0.260. The van der Waals surface area contributed by atoms with Crippen LogP contribution in [0.4, 0.5) is 0 Å². The highest BCUT2D eigenvalue weighted by Gasteiger charge is 2.49. The standard InChI is InChI=1S/C11H20N2O2S/c1-11(2)8(4-9(11)15-3)13-10(14)7-5-16-6-12-7/h7-9,12H,4-6H2,1-3H3,(H,13,14). The molecule has 1 aliphatic carbocycles. The lowest BCUT2D eigenvalue weighted by Gasteiger charge is -2.51. The van der Waals surface area contributed by atoms with E-state index in [2.05, 4.69) is 24.5 Å². The van der Waals surface area contributed by atoms with Crippen molar-refractivity contribution in [3.63, 3.8) is 0 Å². The largest absolute Gasteiger partial charge is 0.381 e. The van der Waals surface area contributed by atoms with Crippen LogP contribution in [0.5, 0.6) is 0 Å². The summed E-state index contributed by atoms with van der Waals surface area (Å²) in [6, 6.07) is 0.236. The number of hydrogen-bond donors (Lipinski definition) is 2. The maximum atomic E-state index is 11.9. The molecule has 2 rings (SSSR count). The normalized spacial score (nSPS) is 36.8. The number of carbonyl (C=O) groups is 1. The van der Waals surface area contributed by atoms with Crippen LogP contribution in [0.1, 0.15) is 20.3 Å². The van der Waals surface area contributed by atoms with Gasteiger partial charge in [-0.05, 0) is 6.42 Å². The zero-order valence-electron chi connectivity index (χ0n) is 10.1. The summed E-state index contributed by atoms with van der Waals surface area (Å²) in [5.41, 5.74) is 0.0517. The zero-order valence-corrected chi connectivity index (χ0v) is 10.9. The van der Waals surface area contributed by atoms with Crippen molar-refractivity contribution in [3.8, 4) is 0 Å². The molecule has 1 amide bonds. The van der Waals surface area contributed by atoms with Crippen molar-refractivity contribution in [1.29, 1.82) is 0 Å². The van der Waals surface area contributed by atoms with Gasteiger partial charge in [-0.15, -0.1) is 11.8 Å². The first-order valence-corrected chi connectivity index (χ1v) is 6.85. The third-order valence-corrected chi connectivity index (χ3v) is 4.75. The Morgan fingerprint density at radius 2 is 2.31 bits per heavy atom. The quantitative estimate of drug-likeness (QED) is 0.762. The fourth-order valence-electron chi connectivity index (χ4n) is 2.37. The number of thioether (sulfide) groups is 1. The van der Waals surface area contributed by atoms with Crippen LogP contribution in [0.3, 0.4) is 0 Å². The zero-order chi connectivity index (χ0) is 11.8. The fourth-order valence-corrected chi connectivity index (χ4v) is 3.31. The summed E-state index contributed by atoms with van der Waals surface area (Å²) in [5, 5.41) is 6.30. The Bertz CT molecular complexity index is 277. The van der Waals surface area contributed by atoms with Crippen LogP contribution in [-0.4, -0.2) is 42.8 Å². The van der Waals surface area contributed by atoms with Gasteiger partial charge in [0.2, 0.25) is 5.91 Å². The van der Waals surface area contributed by atoms with Gasteiger partial charge in [0.05, 0.1) is 12.1 Å². The summed E-state index contributed by atoms with van der Waals surface area (Å²) in [5.74, 6) is 1.90. The number of nitrogens with one attached hydrogen (secondary N) is 2. The number of carbonyl (C=O) groups excluding carboxylic acids is 1. The van der Waals surface area contributed by atoms with Gasteiger partial charge in [-0.1, -0.05) is 13.8 Å². The van der Waals surface area contributed by atoms with E-state index in [1.165, 1.54) is 0 Å². The van der Waals surface area contributed by atoms with Gasteiger partial charge >= 0.3 is 0 Å². The molecule has 2 N–H and O–H groups in total. The van der Waals surface area contributed by atoms with E-state index in [0.717, 1.165) is 18.1 Å². The van der Waals surface area contributed by atoms with Crippen LogP contribution in [0.15, 0.2) is 0 Å². The molecule has 1 saturated heterocycles. The third-order valence-electron chi connectivity index (χ3n) is 3.81. The third kappa shape index (κ3) is 2.08. The summed E-state index contributed by atoms with van der Waals surface area (Å²) in [6.07, 6.45) is 1.19. The van der Waals surface area contributed by atoms with E-state index in [-0.39, 0.29) is 29.5 Å². The molecule has 1 saturated carbocycles. The highest BCUT2D eigenvalue weighted by Crippen LogP contribution is 2.42. The number of amides is 1. The Labute approximate surface area is 101 Å². The van der Waals surface area contributed by atoms with Gasteiger partial charge in [0.1, 0.15) is 0 Å². The van der Waals surface area contributed by atoms with E-state index < -0.39 is 0 Å². The molecule has 5 heteroatoms. The molecule has 0 spiro atoms. The van der Waals surface area contributed by atoms with Gasteiger partial charge < -0.3 is 10.1 Å². The van der Waals surface area contributed by atoms with Crippen LogP contribution in [0.2, 0.25) is 0 Å². The molecule has 92 valence electrons. The molecular weight excluding hydrogens is 224 g/mol. The number of ether oxygens (including phenoxy) is 1. The van der Waals surface area contributed by atoms with Crippen molar-refractivity contribution in [3.05, 3.63) is 0 Å². The predicted octanol–water partition coefficient (Wildman–Crippen LogP) is 0.579. The second-order valence-electron chi connectivity index (χ2n) is 5.11. The van der Waals surface area contributed by atoms with Crippen molar-refractivity contribution in [2.75, 3.05) is 18.7 Å². The second-order valence-corrected chi connectivity index (χ2v) is 6.14. The van der Waals surface area contributed by atoms with Crippen molar-refractivity contribution >= 4 is 17.7 Å². The SMILES string of the molecule is COC1CC(NC(=O)C2CSCN2)C1(C)C. The summed E-state index contributed by atoms with van der Waals surface area (Å²) < 4.78 is 5.37. The molecule has 0 radical (unpaired) electrons. The lowest BCUT2D eigenvalue weighted by molar-refractivity contribution is -0.133. The maximum Gasteiger partial charge on any atom is 0.238 e. The van der Waals surface area contributed by atoms with Gasteiger partial charge in [0.25, 0.3) is 0 Å². The second kappa shape index (κ2) is 4.55. The first kappa shape index (κ1) is 12.2. The molecule has 16 heavy (non-hydrogen) atoms. The number of rotatable bonds is 3. The topological polar surface area (TPSA) is 50.4 Å². The highest BCUT2D eigenvalue weighted by atomic mass is 32.2. The molecule has 3 unspecified atom stereocenters. The van der Waals surface area contributed by atoms with Crippen LogP contribution < -0.4 is 10.6 Å². The number of hydrogen-bond acceptors (Lipinski definition) is 4. The van der Waals surface area contributed by atoms with Crippen molar-refractivity contribution < 1.29 is 9.53 Å². The van der Waals surface area contributed by atoms with Crippen LogP contribution >= 0.6 is 11.8 Å². The fraction of sp³-hybridized carbons (Fsp3) is 0.909. The smallest absolute Gasteiger partial charge is 0.238 e. The molecular formula is C11H20N2O2S. The Morgan fingerprint density at radius 3 is 2.81 bits per heavy atom. The minimum Gasteiger partial charge on any atom is -0.381 e. The van der Waals surface area contributed by atoms with Crippen LogP contribution in [-0.2, 0) is 9.53 Å².